The Labute approximate surface area is 101 Å². The monoisotopic (exact) mass is 354 g/mol. The second-order valence-corrected chi connectivity index (χ2v) is 3.80. The molecule has 0 fully saturated rings. The highest BCUT2D eigenvalue weighted by Crippen LogP contribution is 2.33. The summed E-state index contributed by atoms with van der Waals surface area (Å²) in [5, 5.41) is 0. The van der Waals surface area contributed by atoms with Crippen LogP contribution in [0.1, 0.15) is 5.56 Å². The van der Waals surface area contributed by atoms with Gasteiger partial charge in [-0.2, -0.15) is 13.2 Å². The van der Waals surface area contributed by atoms with Crippen LogP contribution >= 0.6 is 0 Å². The van der Waals surface area contributed by atoms with E-state index in [9.17, 15) is 26.1 Å². The van der Waals surface area contributed by atoms with Crippen molar-refractivity contribution in [2.45, 2.75) is 11.1 Å². The zero-order chi connectivity index (χ0) is 11.0. The second kappa shape index (κ2) is 4.66. The minimum absolute atomic E-state index is 0. The summed E-state index contributed by atoms with van der Waals surface area (Å²) in [5.41, 5.74) is -1.44. The lowest BCUT2D eigenvalue weighted by molar-refractivity contribution is -0.140. The molecule has 0 aliphatic heterocycles. The first-order chi connectivity index (χ1) is 6.23. The Kier molecular flexibility index (Phi) is 4.55. The Morgan fingerprint density at radius 2 is 1.60 bits per heavy atom. The first kappa shape index (κ1) is 14.6. The molecule has 0 spiro atoms. The largest absolute Gasteiger partial charge is 0.744 e. The van der Waals surface area contributed by atoms with Crippen molar-refractivity contribution in [3.8, 4) is 0 Å². The molecule has 0 aromatic heterocycles. The predicted molar refractivity (Wildman–Crippen MR) is 42.2 cm³/mol. The Bertz CT molecular complexity index is 441. The summed E-state index contributed by atoms with van der Waals surface area (Å²) in [7, 11) is -5.09. The van der Waals surface area contributed by atoms with Crippen molar-refractivity contribution in [1.82, 2.24) is 0 Å². The van der Waals surface area contributed by atoms with Gasteiger partial charge in [0.2, 0.25) is 24.0 Å². The van der Waals surface area contributed by atoms with E-state index in [1.54, 1.807) is 0 Å². The number of hydrogen-bond donors (Lipinski definition) is 0. The van der Waals surface area contributed by atoms with Crippen LogP contribution < -0.4 is 24.0 Å². The van der Waals surface area contributed by atoms with E-state index in [0.717, 1.165) is 12.1 Å². The third-order valence-electron chi connectivity index (χ3n) is 1.46. The van der Waals surface area contributed by atoms with Crippen molar-refractivity contribution in [2.24, 2.45) is 0 Å². The van der Waals surface area contributed by atoms with Crippen molar-refractivity contribution in [3.63, 3.8) is 0 Å². The zero-order valence-corrected chi connectivity index (χ0v) is 10.4. The van der Waals surface area contributed by atoms with Crippen molar-refractivity contribution in [1.29, 1.82) is 0 Å². The molecule has 0 saturated heterocycles. The molecule has 0 N–H and O–H groups in total. The predicted octanol–water partition coefficient (Wildman–Crippen LogP) is -1.92. The average molecular weight is 354 g/mol. The van der Waals surface area contributed by atoms with Crippen molar-refractivity contribution in [3.05, 3.63) is 29.8 Å². The molecule has 0 unspecified atom stereocenters. The van der Waals surface area contributed by atoms with Gasteiger partial charge in [0.25, 0.3) is 0 Å². The molecule has 15 heavy (non-hydrogen) atoms. The molecule has 0 aliphatic rings. The second-order valence-electron chi connectivity index (χ2n) is 2.45. The van der Waals surface area contributed by atoms with Crippen molar-refractivity contribution in [2.75, 3.05) is 0 Å². The fourth-order valence-electron chi connectivity index (χ4n) is 0.919. The quantitative estimate of drug-likeness (QED) is 0.437. The maximum atomic E-state index is 12.2. The average Bonchev–Trinajstić information content (AvgIpc) is 2.01. The van der Waals surface area contributed by atoms with Gasteiger partial charge in [-0.15, -0.1) is 0 Å². The van der Waals surface area contributed by atoms with Gasteiger partial charge >= 0.3 is 6.18 Å². The van der Waals surface area contributed by atoms with Gasteiger partial charge in [-0.25, -0.2) is 8.42 Å². The summed E-state index contributed by atoms with van der Waals surface area (Å²) in [4.78, 5) is -1.24. The lowest BCUT2D eigenvalue weighted by Crippen LogP contribution is -3.00. The molecule has 1 rings (SSSR count). The van der Waals surface area contributed by atoms with Crippen LogP contribution in [0.15, 0.2) is 29.2 Å². The van der Waals surface area contributed by atoms with Crippen LogP contribution in [0.5, 0.6) is 0 Å². The summed E-state index contributed by atoms with van der Waals surface area (Å²) in [6, 6.07) is 3.24. The molecule has 1 aromatic carbocycles. The van der Waals surface area contributed by atoms with E-state index in [-0.39, 0.29) is 24.0 Å². The number of halogens is 4. The van der Waals surface area contributed by atoms with Crippen molar-refractivity contribution >= 4 is 10.1 Å². The SMILES string of the molecule is O=S(=O)([O-])c1ccccc1C(F)(F)F.[IH2+]. The van der Waals surface area contributed by atoms with E-state index in [1.165, 1.54) is 0 Å². The van der Waals surface area contributed by atoms with Gasteiger partial charge in [0.1, 0.15) is 10.1 Å². The Hall–Kier alpha value is -0.350. The van der Waals surface area contributed by atoms with Gasteiger partial charge in [-0.05, 0) is 12.1 Å². The highest BCUT2D eigenvalue weighted by atomic mass is 127. The van der Waals surface area contributed by atoms with Crippen LogP contribution in [0.3, 0.4) is 0 Å². The summed E-state index contributed by atoms with van der Waals surface area (Å²) in [5.74, 6) is 0. The molecule has 86 valence electrons. The number of hydrogen-bond acceptors (Lipinski definition) is 3. The molecule has 0 heterocycles. The molecule has 0 radical (unpaired) electrons. The van der Waals surface area contributed by atoms with E-state index in [0.29, 0.717) is 12.1 Å². The normalized spacial score (nSPS) is 12.0. The van der Waals surface area contributed by atoms with Gasteiger partial charge in [-0.1, -0.05) is 12.1 Å². The first-order valence-corrected chi connectivity index (χ1v) is 4.76. The molecule has 0 amide bonds. The van der Waals surface area contributed by atoms with Crippen LogP contribution in [0, 0.1) is 0 Å². The maximum Gasteiger partial charge on any atom is 0.417 e. The minimum Gasteiger partial charge on any atom is -0.744 e. The summed E-state index contributed by atoms with van der Waals surface area (Å²) in [6.45, 7) is 0. The standard InChI is InChI=1S/C7H5F3O3S.H2I/c8-7(9,10)5-3-1-2-4-6(5)14(11,12)13;/h1-4H,(H,11,12,13);1H2/q;+1/p-1. The summed E-state index contributed by atoms with van der Waals surface area (Å²) in [6.07, 6.45) is -4.84. The Balaban J connectivity index is 0.00000196. The van der Waals surface area contributed by atoms with Crippen LogP contribution in [0.2, 0.25) is 0 Å². The third kappa shape index (κ3) is 3.61. The van der Waals surface area contributed by atoms with E-state index in [1.807, 2.05) is 0 Å². The topological polar surface area (TPSA) is 57.2 Å². The Morgan fingerprint density at radius 1 is 1.13 bits per heavy atom. The molecule has 0 atom stereocenters. The van der Waals surface area contributed by atoms with E-state index in [4.69, 9.17) is 0 Å². The van der Waals surface area contributed by atoms with E-state index >= 15 is 0 Å². The minimum atomic E-state index is -5.09. The first-order valence-electron chi connectivity index (χ1n) is 3.35. The molecule has 0 bridgehead atoms. The molecule has 8 heteroatoms. The van der Waals surface area contributed by atoms with Crippen LogP contribution in [0.25, 0.3) is 0 Å². The number of alkyl halides is 3. The lowest BCUT2D eigenvalue weighted by Gasteiger charge is -2.14. The molecule has 0 saturated carbocycles. The van der Waals surface area contributed by atoms with E-state index < -0.39 is 26.8 Å². The molecule has 1 aromatic rings. The van der Waals surface area contributed by atoms with Gasteiger partial charge in [0, 0.05) is 0 Å². The zero-order valence-electron chi connectivity index (χ0n) is 7.02. The maximum absolute atomic E-state index is 12.2. The number of rotatable bonds is 1. The summed E-state index contributed by atoms with van der Waals surface area (Å²) >= 11 is 0. The van der Waals surface area contributed by atoms with Gasteiger partial charge < -0.3 is 4.55 Å². The summed E-state index contributed by atoms with van der Waals surface area (Å²) < 4.78 is 67.9. The molecule has 0 aliphatic carbocycles. The third-order valence-corrected chi connectivity index (χ3v) is 2.36. The van der Waals surface area contributed by atoms with Crippen LogP contribution in [-0.2, 0) is 16.3 Å². The molecular weight excluding hydrogens is 348 g/mol. The lowest BCUT2D eigenvalue weighted by atomic mass is 10.2. The van der Waals surface area contributed by atoms with Crippen molar-refractivity contribution < 1.29 is 50.1 Å². The van der Waals surface area contributed by atoms with Gasteiger partial charge in [0.15, 0.2) is 0 Å². The fourth-order valence-corrected chi connectivity index (χ4v) is 1.62. The van der Waals surface area contributed by atoms with Gasteiger partial charge in [0.05, 0.1) is 10.5 Å². The van der Waals surface area contributed by atoms with Crippen LogP contribution in [-0.4, -0.2) is 13.0 Å². The van der Waals surface area contributed by atoms with Gasteiger partial charge in [-0.3, -0.25) is 0 Å². The fraction of sp³-hybridized carbons (Fsp3) is 0.143. The highest BCUT2D eigenvalue weighted by molar-refractivity contribution is 7.85. The van der Waals surface area contributed by atoms with E-state index in [2.05, 4.69) is 0 Å². The smallest absolute Gasteiger partial charge is 0.417 e. The van der Waals surface area contributed by atoms with Crippen LogP contribution in [0.4, 0.5) is 13.2 Å². The molecular formula is C7H6F3IO3S. The number of benzene rings is 1. The molecule has 3 nitrogen and oxygen atoms in total. The Morgan fingerprint density at radius 3 is 1.93 bits per heavy atom. The highest BCUT2D eigenvalue weighted by Gasteiger charge is 2.34.